The maximum atomic E-state index is 13.7. The number of rotatable bonds is 12. The Hall–Kier alpha value is -1.18. The highest BCUT2D eigenvalue weighted by molar-refractivity contribution is 7.91. The number of hydroxylamine groups is 1. The van der Waals surface area contributed by atoms with Gasteiger partial charge in [-0.15, -0.1) is 24.8 Å². The van der Waals surface area contributed by atoms with Crippen molar-refractivity contribution >= 4 is 46.4 Å². The zero-order valence-corrected chi connectivity index (χ0v) is 24.2. The lowest BCUT2D eigenvalue weighted by molar-refractivity contribution is -0.133. The molecule has 2 saturated heterocycles. The second kappa shape index (κ2) is 16.0. The number of sulfonamides is 1. The lowest BCUT2D eigenvalue weighted by Gasteiger charge is -2.44. The van der Waals surface area contributed by atoms with Crippen molar-refractivity contribution in [2.24, 2.45) is 0 Å². The first-order chi connectivity index (χ1) is 16.9. The van der Waals surface area contributed by atoms with E-state index in [4.69, 9.17) is 9.47 Å². The summed E-state index contributed by atoms with van der Waals surface area (Å²) in [5.41, 5.74) is 3.95. The standard InChI is InChI=1S/C24H40N4O6S.2ClH/c1-3-34-19-4-5-21-6-8-22(9-7-21)27-14-16-28(17-15-27)35(31,32)24(23(29)25-30)10-12-26(13-11-24)18-20-33-2;;/h6-9,30H,3-5,10-20H2,1-2H3,(H,25,29);2*1H. The van der Waals surface area contributed by atoms with Crippen LogP contribution in [0, 0.1) is 0 Å². The lowest BCUT2D eigenvalue weighted by Crippen LogP contribution is -2.63. The molecule has 0 bridgehead atoms. The predicted octanol–water partition coefficient (Wildman–Crippen LogP) is 1.94. The van der Waals surface area contributed by atoms with Crippen LogP contribution >= 0.6 is 24.8 Å². The minimum atomic E-state index is -3.96. The normalized spacial score (nSPS) is 18.5. The van der Waals surface area contributed by atoms with E-state index in [1.54, 1.807) is 12.6 Å². The van der Waals surface area contributed by atoms with E-state index in [9.17, 15) is 18.4 Å². The molecule has 2 aliphatic heterocycles. The van der Waals surface area contributed by atoms with Crippen LogP contribution in [0.2, 0.25) is 0 Å². The Kier molecular flexibility index (Phi) is 14.7. The number of hydrogen-bond donors (Lipinski definition) is 2. The van der Waals surface area contributed by atoms with Crippen molar-refractivity contribution in [3.63, 3.8) is 0 Å². The fraction of sp³-hybridized carbons (Fsp3) is 0.708. The van der Waals surface area contributed by atoms with Crippen LogP contribution in [-0.4, -0.2) is 106 Å². The minimum Gasteiger partial charge on any atom is -0.383 e. The fourth-order valence-corrected chi connectivity index (χ4v) is 7.01. The molecule has 0 aliphatic carbocycles. The first-order valence-corrected chi connectivity index (χ1v) is 13.9. The average molecular weight is 586 g/mol. The van der Waals surface area contributed by atoms with Gasteiger partial charge in [0, 0.05) is 71.8 Å². The van der Waals surface area contributed by atoms with E-state index in [2.05, 4.69) is 34.1 Å². The number of carbonyl (C=O) groups excluding carboxylic acids is 1. The van der Waals surface area contributed by atoms with E-state index in [1.165, 1.54) is 9.87 Å². The quantitative estimate of drug-likeness (QED) is 0.218. The monoisotopic (exact) mass is 584 g/mol. The third-order valence-electron chi connectivity index (χ3n) is 7.12. The topological polar surface area (TPSA) is 112 Å². The highest BCUT2D eigenvalue weighted by Crippen LogP contribution is 2.34. The Balaban J connectivity index is 0.00000342. The van der Waals surface area contributed by atoms with Gasteiger partial charge in [0.15, 0.2) is 4.75 Å². The van der Waals surface area contributed by atoms with Crippen LogP contribution in [0.1, 0.15) is 31.7 Å². The van der Waals surface area contributed by atoms with Crippen LogP contribution in [-0.2, 0) is 30.7 Å². The molecule has 1 amide bonds. The second-order valence-corrected chi connectivity index (χ2v) is 11.4. The summed E-state index contributed by atoms with van der Waals surface area (Å²) in [6.45, 7) is 7.29. The molecule has 13 heteroatoms. The van der Waals surface area contributed by atoms with Gasteiger partial charge >= 0.3 is 0 Å². The Morgan fingerprint density at radius 2 is 1.65 bits per heavy atom. The number of anilines is 1. The summed E-state index contributed by atoms with van der Waals surface area (Å²) in [4.78, 5) is 17.0. The van der Waals surface area contributed by atoms with Gasteiger partial charge in [0.1, 0.15) is 0 Å². The van der Waals surface area contributed by atoms with Crippen molar-refractivity contribution in [3.8, 4) is 0 Å². The number of halogens is 2. The van der Waals surface area contributed by atoms with E-state index >= 15 is 0 Å². The molecule has 2 heterocycles. The molecule has 0 atom stereocenters. The molecule has 1 aromatic rings. The number of benzene rings is 1. The van der Waals surface area contributed by atoms with E-state index in [0.29, 0.717) is 52.4 Å². The summed E-state index contributed by atoms with van der Waals surface area (Å²) in [6.07, 6.45) is 2.22. The molecule has 214 valence electrons. The van der Waals surface area contributed by atoms with Crippen LogP contribution in [0.3, 0.4) is 0 Å². The zero-order chi connectivity index (χ0) is 25.3. The van der Waals surface area contributed by atoms with Gasteiger partial charge < -0.3 is 19.3 Å². The molecule has 2 fully saturated rings. The molecule has 37 heavy (non-hydrogen) atoms. The third-order valence-corrected chi connectivity index (χ3v) is 9.75. The number of piperazine rings is 1. The van der Waals surface area contributed by atoms with Crippen molar-refractivity contribution in [3.05, 3.63) is 29.8 Å². The maximum absolute atomic E-state index is 13.7. The molecule has 3 rings (SSSR count). The van der Waals surface area contributed by atoms with Gasteiger partial charge in [0.05, 0.1) is 6.61 Å². The highest BCUT2D eigenvalue weighted by Gasteiger charge is 2.55. The van der Waals surface area contributed by atoms with Gasteiger partial charge in [-0.1, -0.05) is 12.1 Å². The van der Waals surface area contributed by atoms with E-state index in [-0.39, 0.29) is 37.7 Å². The van der Waals surface area contributed by atoms with Gasteiger partial charge in [0.25, 0.3) is 5.91 Å². The summed E-state index contributed by atoms with van der Waals surface area (Å²) in [5.74, 6) is -0.841. The lowest BCUT2D eigenvalue weighted by atomic mass is 9.95. The van der Waals surface area contributed by atoms with Crippen LogP contribution < -0.4 is 10.4 Å². The molecule has 0 spiro atoms. The number of likely N-dealkylation sites (tertiary alicyclic amines) is 1. The van der Waals surface area contributed by atoms with Gasteiger partial charge in [-0.3, -0.25) is 10.0 Å². The number of nitrogens with zero attached hydrogens (tertiary/aromatic N) is 3. The SMILES string of the molecule is CCOCCCc1ccc(N2CCN(S(=O)(=O)C3(C(=O)NO)CCN(CCOC)CC3)CC2)cc1.Cl.Cl. The maximum Gasteiger partial charge on any atom is 0.266 e. The smallest absolute Gasteiger partial charge is 0.266 e. The van der Waals surface area contributed by atoms with Crippen LogP contribution in [0.5, 0.6) is 0 Å². The number of methoxy groups -OCH3 is 1. The number of ether oxygens (including phenoxy) is 2. The molecule has 0 aromatic heterocycles. The summed E-state index contributed by atoms with van der Waals surface area (Å²) < 4.78 is 37.7. The Labute approximate surface area is 233 Å². The zero-order valence-electron chi connectivity index (χ0n) is 21.8. The number of nitrogens with one attached hydrogen (secondary N) is 1. The van der Waals surface area contributed by atoms with E-state index in [1.807, 2.05) is 6.92 Å². The second-order valence-electron chi connectivity index (χ2n) is 9.13. The molecule has 0 radical (unpaired) electrons. The Morgan fingerprint density at radius 3 is 2.19 bits per heavy atom. The van der Waals surface area contributed by atoms with Crippen LogP contribution in [0.25, 0.3) is 0 Å². The number of aryl methyl sites for hydroxylation is 1. The highest BCUT2D eigenvalue weighted by atomic mass is 35.5. The molecule has 0 unspecified atom stereocenters. The number of hydrogen-bond acceptors (Lipinski definition) is 8. The van der Waals surface area contributed by atoms with E-state index < -0.39 is 20.7 Å². The Morgan fingerprint density at radius 1 is 1.03 bits per heavy atom. The minimum absolute atomic E-state index is 0. The largest absolute Gasteiger partial charge is 0.383 e. The van der Waals surface area contributed by atoms with Crippen molar-refractivity contribution in [1.82, 2.24) is 14.7 Å². The average Bonchev–Trinajstić information content (AvgIpc) is 2.90. The van der Waals surface area contributed by atoms with Gasteiger partial charge in [-0.2, -0.15) is 4.31 Å². The van der Waals surface area contributed by atoms with Crippen molar-refractivity contribution < 1.29 is 27.9 Å². The molecule has 0 saturated carbocycles. The molecule has 2 aliphatic rings. The molecule has 2 N–H and O–H groups in total. The summed E-state index contributed by atoms with van der Waals surface area (Å²) in [7, 11) is -2.34. The first-order valence-electron chi connectivity index (χ1n) is 12.4. The van der Waals surface area contributed by atoms with Gasteiger partial charge in [-0.25, -0.2) is 13.9 Å². The number of carbonyl (C=O) groups is 1. The van der Waals surface area contributed by atoms with Gasteiger partial charge in [-0.05, 0) is 50.3 Å². The fourth-order valence-electron chi connectivity index (χ4n) is 4.89. The van der Waals surface area contributed by atoms with Crippen LogP contribution in [0.15, 0.2) is 24.3 Å². The molecule has 1 aromatic carbocycles. The van der Waals surface area contributed by atoms with Crippen molar-refractivity contribution in [1.29, 1.82) is 0 Å². The van der Waals surface area contributed by atoms with Crippen molar-refractivity contribution in [2.75, 3.05) is 77.6 Å². The third kappa shape index (κ3) is 8.15. The Bertz CT molecular complexity index is 906. The summed E-state index contributed by atoms with van der Waals surface area (Å²) in [5, 5.41) is 9.38. The van der Waals surface area contributed by atoms with Crippen LogP contribution in [0.4, 0.5) is 5.69 Å². The number of piperidine rings is 1. The summed E-state index contributed by atoms with van der Waals surface area (Å²) >= 11 is 0. The van der Waals surface area contributed by atoms with Gasteiger partial charge in [0.2, 0.25) is 10.0 Å². The van der Waals surface area contributed by atoms with E-state index in [0.717, 1.165) is 31.7 Å². The van der Waals surface area contributed by atoms with Crippen molar-refractivity contribution in [2.45, 2.75) is 37.4 Å². The molecule has 10 nitrogen and oxygen atoms in total. The first kappa shape index (κ1) is 33.8. The summed E-state index contributed by atoms with van der Waals surface area (Å²) in [6, 6.07) is 8.39. The predicted molar refractivity (Wildman–Crippen MR) is 149 cm³/mol. The molecular formula is C24H42Cl2N4O6S. The molecular weight excluding hydrogens is 543 g/mol. The number of amides is 1.